The van der Waals surface area contributed by atoms with E-state index in [0.717, 1.165) is 48.2 Å². The van der Waals surface area contributed by atoms with Gasteiger partial charge in [-0.15, -0.1) is 0 Å². The molecule has 0 aliphatic carbocycles. The Morgan fingerprint density at radius 2 is 2.09 bits per heavy atom. The zero-order chi connectivity index (χ0) is 16.6. The third-order valence-corrected chi connectivity index (χ3v) is 4.70. The molecule has 0 N–H and O–H groups in total. The molecule has 1 atom stereocenters. The quantitative estimate of drug-likeness (QED) is 0.822. The van der Waals surface area contributed by atoms with E-state index < -0.39 is 0 Å². The van der Waals surface area contributed by atoms with Crippen LogP contribution in [0, 0.1) is 12.8 Å². The molecule has 3 heterocycles. The Balaban J connectivity index is 1.96. The zero-order valence-electron chi connectivity index (χ0n) is 13.6. The van der Waals surface area contributed by atoms with E-state index in [1.54, 1.807) is 12.4 Å². The molecule has 0 bridgehead atoms. The van der Waals surface area contributed by atoms with Crippen LogP contribution in [0.15, 0.2) is 12.4 Å². The highest BCUT2D eigenvalue weighted by atomic mass is 35.5. The average Bonchev–Trinajstić information content (AvgIpc) is 3.04. The second kappa shape index (κ2) is 6.65. The van der Waals surface area contributed by atoms with Crippen LogP contribution in [0.2, 0.25) is 10.3 Å². The van der Waals surface area contributed by atoms with E-state index in [4.69, 9.17) is 23.2 Å². The molecule has 5 nitrogen and oxygen atoms in total. The first-order valence-corrected chi connectivity index (χ1v) is 8.70. The van der Waals surface area contributed by atoms with E-state index in [1.807, 2.05) is 11.6 Å². The molecule has 1 saturated heterocycles. The van der Waals surface area contributed by atoms with Crippen LogP contribution in [-0.4, -0.2) is 26.3 Å². The smallest absolute Gasteiger partial charge is 0.149 e. The topological polar surface area (TPSA) is 46.8 Å². The zero-order valence-corrected chi connectivity index (χ0v) is 15.1. The molecular weight excluding hydrogens is 333 g/mol. The van der Waals surface area contributed by atoms with Crippen LogP contribution in [-0.2, 0) is 6.54 Å². The van der Waals surface area contributed by atoms with E-state index in [-0.39, 0.29) is 6.04 Å². The van der Waals surface area contributed by atoms with E-state index in [9.17, 15) is 0 Å². The molecule has 1 aliphatic heterocycles. The van der Waals surface area contributed by atoms with Gasteiger partial charge in [-0.2, -0.15) is 5.10 Å². The highest BCUT2D eigenvalue weighted by Crippen LogP contribution is 2.40. The van der Waals surface area contributed by atoms with Crippen molar-refractivity contribution in [2.45, 2.75) is 46.2 Å². The van der Waals surface area contributed by atoms with Gasteiger partial charge in [0, 0.05) is 18.7 Å². The number of anilines is 1. The maximum atomic E-state index is 6.65. The summed E-state index contributed by atoms with van der Waals surface area (Å²) in [6.45, 7) is 8.10. The first-order chi connectivity index (χ1) is 11.0. The van der Waals surface area contributed by atoms with Crippen LogP contribution in [0.3, 0.4) is 0 Å². The Kier molecular flexibility index (Phi) is 4.78. The molecule has 23 heavy (non-hydrogen) atoms. The average molecular weight is 354 g/mol. The van der Waals surface area contributed by atoms with E-state index in [1.165, 1.54) is 0 Å². The van der Waals surface area contributed by atoms with Crippen LogP contribution in [0.25, 0.3) is 0 Å². The van der Waals surface area contributed by atoms with Crippen LogP contribution in [0.4, 0.5) is 5.82 Å². The summed E-state index contributed by atoms with van der Waals surface area (Å²) < 4.78 is 1.91. The van der Waals surface area contributed by atoms with Crippen molar-refractivity contribution in [2.75, 3.05) is 11.4 Å². The Hall–Kier alpha value is -1.33. The second-order valence-corrected chi connectivity index (χ2v) is 7.16. The maximum Gasteiger partial charge on any atom is 0.149 e. The maximum absolute atomic E-state index is 6.65. The number of rotatable bonds is 4. The summed E-state index contributed by atoms with van der Waals surface area (Å²) in [5.41, 5.74) is 2.09. The lowest BCUT2D eigenvalue weighted by molar-refractivity contribution is 0.481. The van der Waals surface area contributed by atoms with Crippen LogP contribution in [0.1, 0.15) is 44.0 Å². The fraction of sp³-hybridized carbons (Fsp3) is 0.562. The van der Waals surface area contributed by atoms with Gasteiger partial charge >= 0.3 is 0 Å². The predicted octanol–water partition coefficient (Wildman–Crippen LogP) is 4.29. The third-order valence-electron chi connectivity index (χ3n) is 4.12. The fourth-order valence-corrected chi connectivity index (χ4v) is 3.74. The number of halogens is 2. The second-order valence-electron chi connectivity index (χ2n) is 6.42. The molecule has 0 aromatic carbocycles. The van der Waals surface area contributed by atoms with Crippen LogP contribution < -0.4 is 4.90 Å². The molecule has 1 unspecified atom stereocenters. The van der Waals surface area contributed by atoms with Crippen LogP contribution >= 0.6 is 23.2 Å². The third kappa shape index (κ3) is 3.31. The van der Waals surface area contributed by atoms with Gasteiger partial charge < -0.3 is 4.90 Å². The highest BCUT2D eigenvalue weighted by molar-refractivity contribution is 6.30. The molecule has 3 rings (SSSR count). The number of nitrogens with zero attached hydrogens (tertiary/aromatic N) is 5. The normalized spacial score (nSPS) is 18.2. The number of aryl methyl sites for hydroxylation is 1. The van der Waals surface area contributed by atoms with Gasteiger partial charge in [0.1, 0.15) is 16.1 Å². The summed E-state index contributed by atoms with van der Waals surface area (Å²) in [5.74, 6) is 1.30. The minimum Gasteiger partial charge on any atom is -0.348 e. The minimum atomic E-state index is 0.177. The lowest BCUT2D eigenvalue weighted by Crippen LogP contribution is -2.24. The SMILES string of the molecule is Cc1nn(CC(C)C)c(Cl)c1C1CCCN1c1cncc(Cl)n1. The Morgan fingerprint density at radius 1 is 1.30 bits per heavy atom. The predicted molar refractivity (Wildman–Crippen MR) is 93.2 cm³/mol. The van der Waals surface area contributed by atoms with Crippen molar-refractivity contribution in [3.8, 4) is 0 Å². The summed E-state index contributed by atoms with van der Waals surface area (Å²) in [7, 11) is 0. The number of hydrogen-bond donors (Lipinski definition) is 0. The Labute approximate surface area is 146 Å². The monoisotopic (exact) mass is 353 g/mol. The van der Waals surface area contributed by atoms with Crippen molar-refractivity contribution in [3.63, 3.8) is 0 Å². The van der Waals surface area contributed by atoms with Gasteiger partial charge in [-0.05, 0) is 25.7 Å². The van der Waals surface area contributed by atoms with E-state index in [2.05, 4.69) is 33.8 Å². The van der Waals surface area contributed by atoms with Crippen molar-refractivity contribution in [1.82, 2.24) is 19.7 Å². The molecule has 1 fully saturated rings. The van der Waals surface area contributed by atoms with Gasteiger partial charge in [0.05, 0.1) is 24.1 Å². The van der Waals surface area contributed by atoms with Crippen molar-refractivity contribution in [1.29, 1.82) is 0 Å². The first kappa shape index (κ1) is 16.5. The van der Waals surface area contributed by atoms with Crippen molar-refractivity contribution in [3.05, 3.63) is 34.0 Å². The lowest BCUT2D eigenvalue weighted by Gasteiger charge is -2.25. The minimum absolute atomic E-state index is 0.177. The summed E-state index contributed by atoms with van der Waals surface area (Å²) >= 11 is 12.6. The summed E-state index contributed by atoms with van der Waals surface area (Å²) in [6, 6.07) is 0.177. The van der Waals surface area contributed by atoms with Gasteiger partial charge in [0.15, 0.2) is 0 Å². The Morgan fingerprint density at radius 3 is 2.78 bits per heavy atom. The van der Waals surface area contributed by atoms with Gasteiger partial charge in [-0.25, -0.2) is 4.98 Å². The Bertz CT molecular complexity index is 698. The molecular formula is C16H21Cl2N5. The molecule has 2 aromatic heterocycles. The van der Waals surface area contributed by atoms with Gasteiger partial charge in [0.2, 0.25) is 0 Å². The molecule has 2 aromatic rings. The lowest BCUT2D eigenvalue weighted by atomic mass is 10.1. The molecule has 7 heteroatoms. The molecule has 0 radical (unpaired) electrons. The van der Waals surface area contributed by atoms with Gasteiger partial charge in [-0.1, -0.05) is 37.0 Å². The van der Waals surface area contributed by atoms with Crippen molar-refractivity contribution >= 4 is 29.0 Å². The molecule has 0 spiro atoms. The van der Waals surface area contributed by atoms with Crippen molar-refractivity contribution in [2.24, 2.45) is 5.92 Å². The summed E-state index contributed by atoms with van der Waals surface area (Å²) in [4.78, 5) is 10.8. The first-order valence-electron chi connectivity index (χ1n) is 7.94. The standard InChI is InChI=1S/C16H21Cl2N5/c1-10(2)9-23-16(18)15(11(3)21-23)12-5-4-6-22(12)14-8-19-7-13(17)20-14/h7-8,10,12H,4-6,9H2,1-3H3. The molecule has 0 saturated carbocycles. The number of aromatic nitrogens is 4. The largest absolute Gasteiger partial charge is 0.348 e. The number of hydrogen-bond acceptors (Lipinski definition) is 4. The molecule has 0 amide bonds. The van der Waals surface area contributed by atoms with Gasteiger partial charge in [-0.3, -0.25) is 9.67 Å². The van der Waals surface area contributed by atoms with Gasteiger partial charge in [0.25, 0.3) is 0 Å². The molecule has 124 valence electrons. The van der Waals surface area contributed by atoms with E-state index >= 15 is 0 Å². The highest BCUT2D eigenvalue weighted by Gasteiger charge is 2.32. The molecule has 1 aliphatic rings. The van der Waals surface area contributed by atoms with Crippen LogP contribution in [0.5, 0.6) is 0 Å². The van der Waals surface area contributed by atoms with E-state index in [0.29, 0.717) is 11.1 Å². The summed E-state index contributed by atoms with van der Waals surface area (Å²) in [5, 5.41) is 5.78. The van der Waals surface area contributed by atoms with Crippen molar-refractivity contribution < 1.29 is 0 Å². The fourth-order valence-electron chi connectivity index (χ4n) is 3.22. The summed E-state index contributed by atoms with van der Waals surface area (Å²) in [6.07, 6.45) is 5.42.